The molecule has 0 saturated heterocycles. The summed E-state index contributed by atoms with van der Waals surface area (Å²) in [5.74, 6) is -1.79. The maximum absolute atomic E-state index is 13.1. The summed E-state index contributed by atoms with van der Waals surface area (Å²) in [5.41, 5.74) is -6.68. The zero-order valence-corrected chi connectivity index (χ0v) is 13.5. The van der Waals surface area contributed by atoms with Gasteiger partial charge in [0.1, 0.15) is 24.0 Å². The first-order valence-corrected chi connectivity index (χ1v) is 7.65. The lowest BCUT2D eigenvalue weighted by atomic mass is 10.0. The quantitative estimate of drug-likeness (QED) is 0.591. The predicted molar refractivity (Wildman–Crippen MR) is 72.3 cm³/mol. The second kappa shape index (κ2) is 7.19. The van der Waals surface area contributed by atoms with E-state index in [9.17, 15) is 44.6 Å². The SMILES string of the molecule is [O]Cc1nc(COc2c(C(F)(F)F)cc(C(F)(F)F)cc2C(F)(F)F)cs1. The molecule has 0 N–H and O–H groups in total. The molecule has 0 bridgehead atoms. The lowest BCUT2D eigenvalue weighted by Crippen LogP contribution is -2.18. The van der Waals surface area contributed by atoms with E-state index in [1.54, 1.807) is 0 Å². The van der Waals surface area contributed by atoms with Crippen molar-refractivity contribution in [1.82, 2.24) is 4.98 Å². The van der Waals surface area contributed by atoms with Crippen molar-refractivity contribution in [1.29, 1.82) is 0 Å². The second-order valence-electron chi connectivity index (χ2n) is 5.06. The lowest BCUT2D eigenvalue weighted by Gasteiger charge is -2.21. The molecule has 1 radical (unpaired) electrons. The van der Waals surface area contributed by atoms with E-state index in [0.29, 0.717) is 0 Å². The molecule has 0 aliphatic rings. The Morgan fingerprint density at radius 1 is 0.889 bits per heavy atom. The van der Waals surface area contributed by atoms with E-state index in [1.165, 1.54) is 5.38 Å². The van der Waals surface area contributed by atoms with Crippen molar-refractivity contribution in [2.45, 2.75) is 31.7 Å². The van der Waals surface area contributed by atoms with E-state index in [4.69, 9.17) is 0 Å². The van der Waals surface area contributed by atoms with Crippen LogP contribution < -0.4 is 4.74 Å². The van der Waals surface area contributed by atoms with Gasteiger partial charge in [0, 0.05) is 5.38 Å². The Hall–Kier alpha value is -2.02. The van der Waals surface area contributed by atoms with Crippen LogP contribution in [-0.4, -0.2) is 4.98 Å². The molecule has 0 fully saturated rings. The first-order chi connectivity index (χ1) is 12.2. The highest BCUT2D eigenvalue weighted by atomic mass is 32.1. The van der Waals surface area contributed by atoms with Gasteiger partial charge in [0.15, 0.2) is 0 Å². The average molecular weight is 424 g/mol. The molecule has 0 spiro atoms. The first-order valence-electron chi connectivity index (χ1n) is 6.77. The topological polar surface area (TPSA) is 42.0 Å². The van der Waals surface area contributed by atoms with Gasteiger partial charge in [-0.2, -0.15) is 39.5 Å². The summed E-state index contributed by atoms with van der Waals surface area (Å²) >= 11 is 0.813. The number of aromatic nitrogens is 1. The second-order valence-corrected chi connectivity index (χ2v) is 6.00. The fourth-order valence-electron chi connectivity index (χ4n) is 2.00. The van der Waals surface area contributed by atoms with Gasteiger partial charge in [-0.25, -0.2) is 10.1 Å². The van der Waals surface area contributed by atoms with Gasteiger partial charge in [0.05, 0.1) is 22.4 Å². The van der Waals surface area contributed by atoms with Crippen LogP contribution >= 0.6 is 11.3 Å². The summed E-state index contributed by atoms with van der Waals surface area (Å²) in [4.78, 5) is 3.62. The highest BCUT2D eigenvalue weighted by Gasteiger charge is 2.45. The minimum atomic E-state index is -5.54. The van der Waals surface area contributed by atoms with Crippen molar-refractivity contribution in [2.75, 3.05) is 0 Å². The average Bonchev–Trinajstić information content (AvgIpc) is 2.97. The number of nitrogens with zero attached hydrogens (tertiary/aromatic N) is 1. The number of thiazole rings is 1. The lowest BCUT2D eigenvalue weighted by molar-refractivity contribution is -0.150. The van der Waals surface area contributed by atoms with Gasteiger partial charge in [-0.05, 0) is 12.1 Å². The monoisotopic (exact) mass is 424 g/mol. The van der Waals surface area contributed by atoms with E-state index >= 15 is 0 Å². The predicted octanol–water partition coefficient (Wildman–Crippen LogP) is 5.71. The normalized spacial score (nSPS) is 13.1. The zero-order valence-electron chi connectivity index (χ0n) is 12.7. The number of benzene rings is 1. The van der Waals surface area contributed by atoms with Gasteiger partial charge in [-0.1, -0.05) is 0 Å². The van der Waals surface area contributed by atoms with Gasteiger partial charge < -0.3 is 4.74 Å². The van der Waals surface area contributed by atoms with E-state index < -0.39 is 66.3 Å². The Morgan fingerprint density at radius 2 is 1.41 bits per heavy atom. The Labute approximate surface area is 149 Å². The zero-order chi connectivity index (χ0) is 20.6. The Kier molecular flexibility index (Phi) is 5.66. The molecule has 2 rings (SSSR count). The standard InChI is InChI=1S/C14H7F9NO2S/c15-12(16,17)6-1-8(13(18,19)20)11(9(2-6)14(21,22)23)26-4-7-5-27-10(3-25)24-7/h1-2,5H,3-4H2. The number of halogens is 9. The minimum absolute atomic E-state index is 0.0214. The van der Waals surface area contributed by atoms with Crippen LogP contribution in [0, 0.1) is 0 Å². The molecule has 0 aliphatic carbocycles. The van der Waals surface area contributed by atoms with Crippen LogP contribution in [0.2, 0.25) is 0 Å². The Bertz CT molecular complexity index is 773. The minimum Gasteiger partial charge on any atom is -0.486 e. The molecule has 1 aromatic carbocycles. The van der Waals surface area contributed by atoms with Crippen LogP contribution in [-0.2, 0) is 36.8 Å². The van der Waals surface area contributed by atoms with Crippen LogP contribution in [0.1, 0.15) is 27.4 Å². The van der Waals surface area contributed by atoms with Crippen molar-refractivity contribution in [3.05, 3.63) is 44.9 Å². The summed E-state index contributed by atoms with van der Waals surface area (Å²) in [6.07, 6.45) is -16.5. The number of alkyl halides is 9. The van der Waals surface area contributed by atoms with Gasteiger partial charge in [0.2, 0.25) is 0 Å². The molecule has 0 saturated carbocycles. The smallest absolute Gasteiger partial charge is 0.419 e. The largest absolute Gasteiger partial charge is 0.486 e. The van der Waals surface area contributed by atoms with E-state index in [-0.39, 0.29) is 10.7 Å². The number of rotatable bonds is 4. The van der Waals surface area contributed by atoms with Gasteiger partial charge in [0.25, 0.3) is 0 Å². The Balaban J connectivity index is 2.58. The van der Waals surface area contributed by atoms with Crippen LogP contribution in [0.3, 0.4) is 0 Å². The fourth-order valence-corrected chi connectivity index (χ4v) is 2.63. The number of hydrogen-bond acceptors (Lipinski definition) is 3. The molecule has 3 nitrogen and oxygen atoms in total. The van der Waals surface area contributed by atoms with Crippen LogP contribution in [0.15, 0.2) is 17.5 Å². The molecular weight excluding hydrogens is 417 g/mol. The molecule has 149 valence electrons. The van der Waals surface area contributed by atoms with E-state index in [0.717, 1.165) is 11.3 Å². The summed E-state index contributed by atoms with van der Waals surface area (Å²) in [7, 11) is 0. The molecule has 0 unspecified atom stereocenters. The third kappa shape index (κ3) is 5.03. The van der Waals surface area contributed by atoms with E-state index in [2.05, 4.69) is 9.72 Å². The molecule has 0 amide bonds. The van der Waals surface area contributed by atoms with Crippen LogP contribution in [0.5, 0.6) is 5.75 Å². The molecule has 13 heteroatoms. The van der Waals surface area contributed by atoms with Gasteiger partial charge in [-0.3, -0.25) is 0 Å². The third-order valence-electron chi connectivity index (χ3n) is 3.11. The number of hydrogen-bond donors (Lipinski definition) is 0. The summed E-state index contributed by atoms with van der Waals surface area (Å²) in [5, 5.41) is 11.8. The van der Waals surface area contributed by atoms with Crippen molar-refractivity contribution < 1.29 is 49.4 Å². The summed E-state index contributed by atoms with van der Waals surface area (Å²) < 4.78 is 121. The highest BCUT2D eigenvalue weighted by Crippen LogP contribution is 2.47. The summed E-state index contributed by atoms with van der Waals surface area (Å²) in [6, 6.07) is -0.899. The molecule has 2 aromatic rings. The van der Waals surface area contributed by atoms with Crippen molar-refractivity contribution in [3.63, 3.8) is 0 Å². The van der Waals surface area contributed by atoms with Crippen molar-refractivity contribution in [3.8, 4) is 5.75 Å². The van der Waals surface area contributed by atoms with E-state index in [1.807, 2.05) is 0 Å². The molecule has 0 atom stereocenters. The molecule has 1 heterocycles. The number of ether oxygens (including phenoxy) is 1. The first kappa shape index (κ1) is 21.3. The van der Waals surface area contributed by atoms with Gasteiger partial charge in [-0.15, -0.1) is 11.3 Å². The molecular formula is C14H7F9NO2S. The van der Waals surface area contributed by atoms with Gasteiger partial charge >= 0.3 is 18.5 Å². The fraction of sp³-hybridized carbons (Fsp3) is 0.357. The molecule has 1 aromatic heterocycles. The van der Waals surface area contributed by atoms with Crippen LogP contribution in [0.4, 0.5) is 39.5 Å². The maximum Gasteiger partial charge on any atom is 0.419 e. The highest BCUT2D eigenvalue weighted by molar-refractivity contribution is 7.09. The van der Waals surface area contributed by atoms with Crippen molar-refractivity contribution in [2.24, 2.45) is 0 Å². The summed E-state index contributed by atoms with van der Waals surface area (Å²) in [6.45, 7) is -1.65. The van der Waals surface area contributed by atoms with Crippen LogP contribution in [0.25, 0.3) is 0 Å². The third-order valence-corrected chi connectivity index (χ3v) is 3.99. The molecule has 0 aliphatic heterocycles. The maximum atomic E-state index is 13.1. The Morgan fingerprint density at radius 3 is 1.78 bits per heavy atom. The molecule has 27 heavy (non-hydrogen) atoms. The van der Waals surface area contributed by atoms with Crippen molar-refractivity contribution >= 4 is 11.3 Å².